The molecule has 0 spiro atoms. The van der Waals surface area contributed by atoms with Crippen LogP contribution in [0.5, 0.6) is 0 Å². The monoisotopic (exact) mass is 334 g/mol. The number of cyclic esters (lactones) is 4. The van der Waals surface area contributed by atoms with Crippen molar-refractivity contribution in [3.63, 3.8) is 0 Å². The minimum atomic E-state index is -0.339. The average molecular weight is 334 g/mol. The van der Waals surface area contributed by atoms with Gasteiger partial charge >= 0.3 is 23.9 Å². The maximum atomic E-state index is 11.1. The average Bonchev–Trinajstić information content (AvgIpc) is 2.96. The molecule has 2 heterocycles. The Hall–Kier alpha value is -1.98. The third kappa shape index (κ3) is 3.14. The molecule has 4 aliphatic rings. The van der Waals surface area contributed by atoms with E-state index in [2.05, 4.69) is 16.4 Å². The topological polar surface area (TPSA) is 86.7 Å². The maximum absolute atomic E-state index is 11.1. The van der Waals surface area contributed by atoms with Gasteiger partial charge < -0.3 is 9.47 Å². The van der Waals surface area contributed by atoms with E-state index in [4.69, 9.17) is 0 Å². The van der Waals surface area contributed by atoms with Gasteiger partial charge in [-0.05, 0) is 44.9 Å². The van der Waals surface area contributed by atoms with E-state index in [9.17, 15) is 19.2 Å². The van der Waals surface area contributed by atoms with E-state index in [1.54, 1.807) is 0 Å². The number of carbonyl (C=O) groups is 4. The number of carbonyl (C=O) groups excluding carboxylic acids is 4. The van der Waals surface area contributed by atoms with Crippen LogP contribution >= 0.6 is 0 Å². The molecular formula is C18H22O6. The number of esters is 4. The summed E-state index contributed by atoms with van der Waals surface area (Å²) in [6.45, 7) is 4.10. The van der Waals surface area contributed by atoms with Crippen molar-refractivity contribution in [3.8, 4) is 0 Å². The molecule has 0 bridgehead atoms. The lowest BCUT2D eigenvalue weighted by atomic mass is 9.76. The molecule has 130 valence electrons. The van der Waals surface area contributed by atoms with Crippen LogP contribution in [0.1, 0.15) is 46.0 Å². The number of fused-ring (bicyclic) bond motifs is 2. The van der Waals surface area contributed by atoms with E-state index in [-0.39, 0.29) is 47.5 Å². The maximum Gasteiger partial charge on any atom is 0.317 e. The van der Waals surface area contributed by atoms with Crippen LogP contribution in [0.4, 0.5) is 0 Å². The van der Waals surface area contributed by atoms with Crippen LogP contribution in [-0.4, -0.2) is 23.9 Å². The summed E-state index contributed by atoms with van der Waals surface area (Å²) in [6, 6.07) is 0. The zero-order valence-electron chi connectivity index (χ0n) is 13.9. The molecule has 1 saturated carbocycles. The molecule has 5 atom stereocenters. The summed E-state index contributed by atoms with van der Waals surface area (Å²) in [6.07, 6.45) is 6.08. The van der Waals surface area contributed by atoms with E-state index in [0.717, 1.165) is 19.3 Å². The van der Waals surface area contributed by atoms with Crippen LogP contribution in [-0.2, 0) is 28.7 Å². The van der Waals surface area contributed by atoms with Gasteiger partial charge in [-0.15, -0.1) is 0 Å². The molecule has 4 rings (SSSR count). The second kappa shape index (κ2) is 6.49. The van der Waals surface area contributed by atoms with E-state index in [1.165, 1.54) is 5.57 Å². The molecule has 24 heavy (non-hydrogen) atoms. The van der Waals surface area contributed by atoms with Crippen LogP contribution in [0.15, 0.2) is 11.6 Å². The second-order valence-electron chi connectivity index (χ2n) is 7.31. The molecule has 2 aliphatic carbocycles. The van der Waals surface area contributed by atoms with E-state index in [0.29, 0.717) is 18.8 Å². The third-order valence-corrected chi connectivity index (χ3v) is 5.47. The summed E-state index contributed by atoms with van der Waals surface area (Å²) in [4.78, 5) is 44.4. The van der Waals surface area contributed by atoms with Gasteiger partial charge in [-0.25, -0.2) is 0 Å². The lowest BCUT2D eigenvalue weighted by Gasteiger charge is -2.24. The summed E-state index contributed by atoms with van der Waals surface area (Å²) in [7, 11) is 0. The molecule has 3 fully saturated rings. The van der Waals surface area contributed by atoms with Crippen molar-refractivity contribution in [2.24, 2.45) is 29.6 Å². The van der Waals surface area contributed by atoms with Gasteiger partial charge in [0.1, 0.15) is 0 Å². The highest BCUT2D eigenvalue weighted by Gasteiger charge is 2.46. The number of ether oxygens (including phenoxy) is 2. The molecule has 0 aromatic carbocycles. The first-order chi connectivity index (χ1) is 11.4. The molecule has 0 amide bonds. The summed E-state index contributed by atoms with van der Waals surface area (Å²) in [5, 5.41) is 0. The minimum absolute atomic E-state index is 0.117. The predicted octanol–water partition coefficient (Wildman–Crippen LogP) is 2.16. The van der Waals surface area contributed by atoms with Crippen molar-refractivity contribution in [1.29, 1.82) is 0 Å². The highest BCUT2D eigenvalue weighted by atomic mass is 16.6. The van der Waals surface area contributed by atoms with Crippen LogP contribution in [0.25, 0.3) is 0 Å². The molecule has 2 saturated heterocycles. The molecule has 0 radical (unpaired) electrons. The van der Waals surface area contributed by atoms with Crippen LogP contribution in [0, 0.1) is 29.6 Å². The Labute approximate surface area is 140 Å². The number of hydrogen-bond acceptors (Lipinski definition) is 6. The van der Waals surface area contributed by atoms with Gasteiger partial charge in [0.05, 0.1) is 23.7 Å². The highest BCUT2D eigenvalue weighted by Crippen LogP contribution is 2.39. The first-order valence-electron chi connectivity index (χ1n) is 8.53. The zero-order chi connectivity index (χ0) is 17.4. The van der Waals surface area contributed by atoms with Crippen molar-refractivity contribution < 1.29 is 28.7 Å². The van der Waals surface area contributed by atoms with E-state index >= 15 is 0 Å². The Bertz CT molecular complexity index is 619. The van der Waals surface area contributed by atoms with Gasteiger partial charge in [0.15, 0.2) is 0 Å². The fraction of sp³-hybridized carbons (Fsp3) is 0.667. The lowest BCUT2D eigenvalue weighted by Crippen LogP contribution is -2.25. The molecule has 0 aromatic rings. The van der Waals surface area contributed by atoms with Gasteiger partial charge in [0, 0.05) is 0 Å². The summed E-state index contributed by atoms with van der Waals surface area (Å²) in [5.41, 5.74) is 1.18. The Balaban J connectivity index is 0.000000141. The summed E-state index contributed by atoms with van der Waals surface area (Å²) >= 11 is 0. The molecule has 6 nitrogen and oxygen atoms in total. The molecular weight excluding hydrogens is 312 g/mol. The number of hydrogen-bond donors (Lipinski definition) is 0. The van der Waals surface area contributed by atoms with Crippen LogP contribution in [0.3, 0.4) is 0 Å². The van der Waals surface area contributed by atoms with Gasteiger partial charge in [-0.3, -0.25) is 19.2 Å². The van der Waals surface area contributed by atoms with Gasteiger partial charge in [0.25, 0.3) is 0 Å². The van der Waals surface area contributed by atoms with Gasteiger partial charge in [-0.2, -0.15) is 0 Å². The molecule has 2 aliphatic heterocycles. The lowest BCUT2D eigenvalue weighted by molar-refractivity contribution is -0.155. The molecule has 0 aromatic heterocycles. The van der Waals surface area contributed by atoms with E-state index in [1.807, 2.05) is 13.0 Å². The van der Waals surface area contributed by atoms with Crippen molar-refractivity contribution in [2.75, 3.05) is 0 Å². The Morgan fingerprint density at radius 2 is 1.42 bits per heavy atom. The first-order valence-corrected chi connectivity index (χ1v) is 8.53. The fourth-order valence-electron chi connectivity index (χ4n) is 4.00. The zero-order valence-corrected chi connectivity index (χ0v) is 13.9. The van der Waals surface area contributed by atoms with E-state index < -0.39 is 0 Å². The Morgan fingerprint density at radius 1 is 0.833 bits per heavy atom. The summed E-state index contributed by atoms with van der Waals surface area (Å²) in [5.74, 6) is -1.33. The van der Waals surface area contributed by atoms with Gasteiger partial charge in [-0.1, -0.05) is 18.6 Å². The largest absolute Gasteiger partial charge is 0.393 e. The number of rotatable bonds is 0. The summed E-state index contributed by atoms with van der Waals surface area (Å²) < 4.78 is 9.12. The van der Waals surface area contributed by atoms with Crippen molar-refractivity contribution in [2.45, 2.75) is 46.0 Å². The van der Waals surface area contributed by atoms with Crippen LogP contribution in [0.2, 0.25) is 0 Å². The van der Waals surface area contributed by atoms with Gasteiger partial charge in [0.2, 0.25) is 0 Å². The first kappa shape index (κ1) is 16.9. The highest BCUT2D eigenvalue weighted by molar-refractivity contribution is 5.97. The quantitative estimate of drug-likeness (QED) is 0.383. The fourth-order valence-corrected chi connectivity index (χ4v) is 4.00. The Morgan fingerprint density at radius 3 is 2.12 bits per heavy atom. The second-order valence-corrected chi connectivity index (χ2v) is 7.31. The van der Waals surface area contributed by atoms with Crippen LogP contribution < -0.4 is 0 Å². The SMILES string of the molecule is CC1=CCC2C(=O)OC(=O)C2C1.CC1CCC2C(=O)OC(=O)C2C1. The molecule has 0 N–H and O–H groups in total. The van der Waals surface area contributed by atoms with Crippen molar-refractivity contribution >= 4 is 23.9 Å². The number of allylic oxidation sites excluding steroid dienone is 2. The van der Waals surface area contributed by atoms with Crippen molar-refractivity contribution in [3.05, 3.63) is 11.6 Å². The Kier molecular flexibility index (Phi) is 4.56. The smallest absolute Gasteiger partial charge is 0.317 e. The van der Waals surface area contributed by atoms with Crippen molar-refractivity contribution in [1.82, 2.24) is 0 Å². The normalized spacial score (nSPS) is 37.6. The standard InChI is InChI=1S/C9H12O3.C9H10O3/c2*1-5-2-3-6-7(4-5)9(11)12-8(6)10/h5-7H,2-4H2,1H3;2,6-7H,3-4H2,1H3. The third-order valence-electron chi connectivity index (χ3n) is 5.47. The molecule has 6 heteroatoms. The predicted molar refractivity (Wildman–Crippen MR) is 82.2 cm³/mol. The minimum Gasteiger partial charge on any atom is -0.393 e. The molecule has 5 unspecified atom stereocenters.